The number of benzene rings is 1. The van der Waals surface area contributed by atoms with Crippen molar-refractivity contribution in [3.05, 3.63) is 58.9 Å². The summed E-state index contributed by atoms with van der Waals surface area (Å²) in [4.78, 5) is 15.6. The van der Waals surface area contributed by atoms with Crippen LogP contribution in [0.1, 0.15) is 11.1 Å². The number of ether oxygens (including phenoxy) is 1. The van der Waals surface area contributed by atoms with E-state index in [1.807, 2.05) is 0 Å². The summed E-state index contributed by atoms with van der Waals surface area (Å²) >= 11 is 5.84. The normalized spacial score (nSPS) is 11.2. The Balaban J connectivity index is 1.77. The molecule has 0 spiro atoms. The first-order valence-electron chi connectivity index (χ1n) is 7.21. The van der Waals surface area contributed by atoms with Crippen LogP contribution >= 0.6 is 11.6 Å². The minimum Gasteiger partial charge on any atom is -0.367 e. The van der Waals surface area contributed by atoms with Crippen LogP contribution in [0.4, 0.5) is 23.7 Å². The summed E-state index contributed by atoms with van der Waals surface area (Å²) in [5, 5.41) is 5.38. The first-order chi connectivity index (χ1) is 11.8. The molecule has 0 aliphatic heterocycles. The molecule has 0 unspecified atom stereocenters. The van der Waals surface area contributed by atoms with E-state index >= 15 is 0 Å². The first kappa shape index (κ1) is 19.0. The molecule has 2 aromatic rings. The maximum absolute atomic E-state index is 12.0. The highest BCUT2D eigenvalue weighted by Gasteiger charge is 2.27. The Morgan fingerprint density at radius 1 is 1.16 bits per heavy atom. The number of hydrogen-bond donors (Lipinski definition) is 2. The van der Waals surface area contributed by atoms with E-state index < -0.39 is 18.8 Å². The van der Waals surface area contributed by atoms with Crippen LogP contribution in [0.2, 0.25) is 5.15 Å². The summed E-state index contributed by atoms with van der Waals surface area (Å²) in [5.74, 6) is 0. The predicted molar refractivity (Wildman–Crippen MR) is 87.3 cm³/mol. The summed E-state index contributed by atoms with van der Waals surface area (Å²) < 4.78 is 40.6. The summed E-state index contributed by atoms with van der Waals surface area (Å²) in [5.41, 5.74) is 1.78. The molecule has 1 aromatic carbocycles. The third kappa shape index (κ3) is 6.98. The summed E-state index contributed by atoms with van der Waals surface area (Å²) in [6.45, 7) is -1.17. The molecule has 5 nitrogen and oxygen atoms in total. The smallest absolute Gasteiger partial charge is 0.367 e. The molecule has 134 valence electrons. The molecule has 2 rings (SSSR count). The van der Waals surface area contributed by atoms with Gasteiger partial charge in [0.25, 0.3) is 0 Å². The van der Waals surface area contributed by atoms with Crippen LogP contribution in [-0.2, 0) is 17.9 Å². The summed E-state index contributed by atoms with van der Waals surface area (Å²) in [6, 6.07) is 9.48. The van der Waals surface area contributed by atoms with E-state index in [-0.39, 0.29) is 18.3 Å². The number of nitrogens with zero attached hydrogens (tertiary/aromatic N) is 1. The molecule has 0 saturated carbocycles. The molecule has 1 aromatic heterocycles. The maximum Gasteiger partial charge on any atom is 0.411 e. The third-order valence-corrected chi connectivity index (χ3v) is 3.32. The lowest BCUT2D eigenvalue weighted by Crippen LogP contribution is -2.28. The average Bonchev–Trinajstić information content (AvgIpc) is 2.55. The van der Waals surface area contributed by atoms with Gasteiger partial charge in [0, 0.05) is 12.7 Å². The molecule has 0 aliphatic rings. The van der Waals surface area contributed by atoms with Crippen molar-refractivity contribution >= 4 is 23.3 Å². The number of hydrogen-bond acceptors (Lipinski definition) is 3. The second-order valence-corrected chi connectivity index (χ2v) is 5.43. The number of aromatic nitrogens is 1. The Morgan fingerprint density at radius 2 is 1.84 bits per heavy atom. The quantitative estimate of drug-likeness (QED) is 0.748. The highest BCUT2D eigenvalue weighted by atomic mass is 35.5. The van der Waals surface area contributed by atoms with Gasteiger partial charge in [0.1, 0.15) is 6.61 Å². The van der Waals surface area contributed by atoms with Gasteiger partial charge in [0.05, 0.1) is 12.3 Å². The van der Waals surface area contributed by atoms with Crippen LogP contribution < -0.4 is 10.6 Å². The monoisotopic (exact) mass is 373 g/mol. The zero-order valence-corrected chi connectivity index (χ0v) is 13.7. The number of rotatable bonds is 6. The number of amides is 2. The van der Waals surface area contributed by atoms with E-state index in [1.54, 1.807) is 36.4 Å². The van der Waals surface area contributed by atoms with Crippen LogP contribution in [-0.4, -0.2) is 23.8 Å². The van der Waals surface area contributed by atoms with E-state index in [0.717, 1.165) is 5.56 Å². The second-order valence-electron chi connectivity index (χ2n) is 5.07. The Labute approximate surface area is 147 Å². The van der Waals surface area contributed by atoms with Crippen LogP contribution in [0.15, 0.2) is 42.6 Å². The Kier molecular flexibility index (Phi) is 6.60. The first-order valence-corrected chi connectivity index (χ1v) is 7.59. The van der Waals surface area contributed by atoms with Crippen LogP contribution in [0.25, 0.3) is 0 Å². The fourth-order valence-corrected chi connectivity index (χ4v) is 2.03. The lowest BCUT2D eigenvalue weighted by molar-refractivity contribution is -0.176. The molecule has 0 atom stereocenters. The van der Waals surface area contributed by atoms with Crippen molar-refractivity contribution in [2.24, 2.45) is 0 Å². The van der Waals surface area contributed by atoms with Gasteiger partial charge >= 0.3 is 12.2 Å². The van der Waals surface area contributed by atoms with Crippen LogP contribution in [0, 0.1) is 0 Å². The Morgan fingerprint density at radius 3 is 2.48 bits per heavy atom. The molecule has 2 N–H and O–H groups in total. The van der Waals surface area contributed by atoms with Gasteiger partial charge in [0.15, 0.2) is 5.15 Å². The number of anilines is 1. The number of carbonyl (C=O) groups is 1. The van der Waals surface area contributed by atoms with E-state index in [0.29, 0.717) is 11.3 Å². The minimum absolute atomic E-state index is 0.132. The maximum atomic E-state index is 12.0. The molecular weight excluding hydrogens is 359 g/mol. The van der Waals surface area contributed by atoms with Gasteiger partial charge in [-0.3, -0.25) is 0 Å². The van der Waals surface area contributed by atoms with E-state index in [9.17, 15) is 18.0 Å². The number of alkyl halides is 3. The van der Waals surface area contributed by atoms with Crippen molar-refractivity contribution in [1.29, 1.82) is 0 Å². The number of urea groups is 1. The lowest BCUT2D eigenvalue weighted by atomic mass is 10.1. The molecule has 0 saturated heterocycles. The zero-order chi connectivity index (χ0) is 18.3. The molecule has 0 fully saturated rings. The van der Waals surface area contributed by atoms with Gasteiger partial charge in [-0.2, -0.15) is 13.2 Å². The average molecular weight is 374 g/mol. The van der Waals surface area contributed by atoms with Gasteiger partial charge < -0.3 is 15.4 Å². The highest BCUT2D eigenvalue weighted by molar-refractivity contribution is 6.32. The van der Waals surface area contributed by atoms with E-state index in [4.69, 9.17) is 11.6 Å². The Hall–Kier alpha value is -2.32. The van der Waals surface area contributed by atoms with Gasteiger partial charge in [0.2, 0.25) is 0 Å². The highest BCUT2D eigenvalue weighted by Crippen LogP contribution is 2.17. The molecule has 25 heavy (non-hydrogen) atoms. The van der Waals surface area contributed by atoms with Crippen molar-refractivity contribution in [3.8, 4) is 0 Å². The summed E-state index contributed by atoms with van der Waals surface area (Å²) in [7, 11) is 0. The van der Waals surface area contributed by atoms with Crippen molar-refractivity contribution in [1.82, 2.24) is 10.3 Å². The van der Waals surface area contributed by atoms with Crippen molar-refractivity contribution in [2.75, 3.05) is 11.9 Å². The molecular formula is C16H15ClF3N3O2. The number of carbonyl (C=O) groups excluding carboxylic acids is 1. The topological polar surface area (TPSA) is 63.2 Å². The van der Waals surface area contributed by atoms with Crippen molar-refractivity contribution in [3.63, 3.8) is 0 Å². The molecule has 0 aliphatic carbocycles. The summed E-state index contributed by atoms with van der Waals surface area (Å²) in [6.07, 6.45) is -2.83. The molecule has 0 bridgehead atoms. The van der Waals surface area contributed by atoms with Crippen LogP contribution in [0.3, 0.4) is 0 Å². The van der Waals surface area contributed by atoms with E-state index in [2.05, 4.69) is 20.4 Å². The van der Waals surface area contributed by atoms with Gasteiger partial charge in [-0.05, 0) is 23.3 Å². The largest absolute Gasteiger partial charge is 0.411 e. The molecule has 2 amide bonds. The minimum atomic E-state index is -4.34. The lowest BCUT2D eigenvalue weighted by Gasteiger charge is -2.10. The number of halogens is 4. The fourth-order valence-electron chi connectivity index (χ4n) is 1.87. The van der Waals surface area contributed by atoms with Crippen molar-refractivity contribution in [2.45, 2.75) is 19.3 Å². The predicted octanol–water partition coefficient (Wildman–Crippen LogP) is 4.14. The van der Waals surface area contributed by atoms with Gasteiger partial charge in [-0.1, -0.05) is 35.9 Å². The van der Waals surface area contributed by atoms with Gasteiger partial charge in [-0.15, -0.1) is 0 Å². The number of nitrogens with one attached hydrogen (secondary N) is 2. The van der Waals surface area contributed by atoms with Gasteiger partial charge in [-0.25, -0.2) is 9.78 Å². The SMILES string of the molecule is O=C(NCc1ccc(COCC(F)(F)F)cc1)Nc1cccnc1Cl. The fraction of sp³-hybridized carbons (Fsp3) is 0.250. The molecule has 0 radical (unpaired) electrons. The standard InChI is InChI=1S/C16H15ClF3N3O2/c17-14-13(2-1-7-21-14)23-15(24)22-8-11-3-5-12(6-4-11)9-25-10-16(18,19)20/h1-7H,8-10H2,(H2,22,23,24). The zero-order valence-electron chi connectivity index (χ0n) is 12.9. The molecule has 9 heteroatoms. The second kappa shape index (κ2) is 8.68. The third-order valence-electron chi connectivity index (χ3n) is 3.02. The van der Waals surface area contributed by atoms with Crippen LogP contribution in [0.5, 0.6) is 0 Å². The van der Waals surface area contributed by atoms with E-state index in [1.165, 1.54) is 6.20 Å². The molecule has 1 heterocycles. The number of pyridine rings is 1. The van der Waals surface area contributed by atoms with Crippen molar-refractivity contribution < 1.29 is 22.7 Å². The Bertz CT molecular complexity index is 709.